The molecule has 1 aromatic rings. The van der Waals surface area contributed by atoms with E-state index in [9.17, 15) is 14.8 Å². The van der Waals surface area contributed by atoms with Crippen LogP contribution in [0.2, 0.25) is 0 Å². The highest BCUT2D eigenvalue weighted by atomic mass is 35.5. The number of hydrogen-bond acceptors (Lipinski definition) is 3. The van der Waals surface area contributed by atoms with E-state index in [2.05, 4.69) is 0 Å². The second-order valence-electron chi connectivity index (χ2n) is 3.58. The summed E-state index contributed by atoms with van der Waals surface area (Å²) in [5.74, 6) is -1.46. The highest BCUT2D eigenvalue weighted by Crippen LogP contribution is 2.32. The number of halogens is 4. The van der Waals surface area contributed by atoms with E-state index in [-0.39, 0.29) is 0 Å². The van der Waals surface area contributed by atoms with Crippen molar-refractivity contribution in [1.29, 1.82) is 0 Å². The predicted molar refractivity (Wildman–Crippen MR) is 77.6 cm³/mol. The normalized spacial score (nSPS) is 15.2. The van der Waals surface area contributed by atoms with Crippen molar-refractivity contribution in [3.8, 4) is 0 Å². The van der Waals surface area contributed by atoms with Gasteiger partial charge in [-0.2, -0.15) is 4.73 Å². The van der Waals surface area contributed by atoms with Gasteiger partial charge in [-0.3, -0.25) is 9.59 Å². The molecule has 0 saturated carbocycles. The topological polar surface area (TPSA) is 61.1 Å². The highest BCUT2D eigenvalue weighted by molar-refractivity contribution is 6.69. The van der Waals surface area contributed by atoms with Gasteiger partial charge < -0.3 is 5.21 Å². The molecule has 0 fully saturated rings. The summed E-state index contributed by atoms with van der Waals surface area (Å²) in [6.45, 7) is 1.77. The van der Waals surface area contributed by atoms with E-state index < -0.39 is 31.7 Å². The Hall–Kier alpha value is -1.07. The maximum absolute atomic E-state index is 11.0. The molecule has 106 valence electrons. The number of aryl methyl sites for hydroxylation is 1. The van der Waals surface area contributed by atoms with Crippen LogP contribution in [0.15, 0.2) is 44.5 Å². The number of allylic oxidation sites excluding steroid dienone is 4. The summed E-state index contributed by atoms with van der Waals surface area (Å²) in [6.07, 6.45) is 1.48. The molecule has 0 unspecified atom stereocenters. The summed E-state index contributed by atoms with van der Waals surface area (Å²) in [6, 6.07) is 5.32. The van der Waals surface area contributed by atoms with Crippen molar-refractivity contribution in [2.24, 2.45) is 0 Å². The molecule has 0 aromatic carbocycles. The molecule has 0 aliphatic heterocycles. The predicted octanol–water partition coefficient (Wildman–Crippen LogP) is 3.15. The number of nitrogens with zero attached hydrogens (tertiary/aromatic N) is 1. The van der Waals surface area contributed by atoms with Gasteiger partial charge in [0, 0.05) is 19.1 Å². The van der Waals surface area contributed by atoms with Crippen molar-refractivity contribution >= 4 is 58.0 Å². The fraction of sp³-hybridized carbons (Fsp3) is 0.0833. The minimum absolute atomic E-state index is 0.393. The molecule has 20 heavy (non-hydrogen) atoms. The van der Waals surface area contributed by atoms with Crippen molar-refractivity contribution in [2.75, 3.05) is 0 Å². The molecule has 0 spiro atoms. The summed E-state index contributed by atoms with van der Waals surface area (Å²) < 4.78 is 0.833. The molecule has 0 saturated heterocycles. The Morgan fingerprint density at radius 3 is 1.55 bits per heavy atom. The lowest BCUT2D eigenvalue weighted by Crippen LogP contribution is -2.28. The van der Waals surface area contributed by atoms with Crippen LogP contribution in [0.5, 0.6) is 0 Å². The average molecular weight is 355 g/mol. The molecule has 0 atom stereocenters. The van der Waals surface area contributed by atoms with Gasteiger partial charge in [0.05, 0.1) is 0 Å². The van der Waals surface area contributed by atoms with Gasteiger partial charge in [0.25, 0.3) is 0 Å². The third kappa shape index (κ3) is 3.73. The maximum Gasteiger partial charge on any atom is 0.219 e. The van der Waals surface area contributed by atoms with Crippen LogP contribution < -0.4 is 4.73 Å². The van der Waals surface area contributed by atoms with E-state index in [4.69, 9.17) is 46.4 Å². The van der Waals surface area contributed by atoms with Crippen LogP contribution in [-0.2, 0) is 9.59 Å². The van der Waals surface area contributed by atoms with Gasteiger partial charge in [-0.05, 0) is 0 Å². The largest absolute Gasteiger partial charge is 0.619 e. The number of carbonyl (C=O) groups excluding carboxylic acids is 2. The molecule has 0 radical (unpaired) electrons. The molecule has 1 aromatic heterocycles. The summed E-state index contributed by atoms with van der Waals surface area (Å²) >= 11 is 21.5. The lowest BCUT2D eigenvalue weighted by atomic mass is 10.1. The van der Waals surface area contributed by atoms with Crippen molar-refractivity contribution in [3.05, 3.63) is 55.4 Å². The SMILES string of the molecule is Cc1cccc[n+]1[O-].O=C1C(Cl)=C(Cl)C(=O)C(Cl)=C1Cl. The third-order valence-corrected chi connectivity index (χ3v) is 3.84. The third-order valence-electron chi connectivity index (χ3n) is 2.20. The van der Waals surface area contributed by atoms with Crippen LogP contribution in [0.1, 0.15) is 5.69 Å². The van der Waals surface area contributed by atoms with E-state index >= 15 is 0 Å². The Bertz CT molecular complexity index is 554. The van der Waals surface area contributed by atoms with Gasteiger partial charge in [-0.25, -0.2) is 0 Å². The number of hydrogen-bond donors (Lipinski definition) is 0. The zero-order valence-corrected chi connectivity index (χ0v) is 13.0. The number of carbonyl (C=O) groups is 2. The van der Waals surface area contributed by atoms with E-state index in [1.165, 1.54) is 6.20 Å². The Kier molecular flexibility index (Phi) is 6.02. The van der Waals surface area contributed by atoms with Crippen molar-refractivity contribution in [1.82, 2.24) is 0 Å². The van der Waals surface area contributed by atoms with E-state index in [1.54, 1.807) is 19.1 Å². The number of ketones is 2. The van der Waals surface area contributed by atoms with Gasteiger partial charge in [0.15, 0.2) is 11.9 Å². The van der Waals surface area contributed by atoms with Gasteiger partial charge in [0.1, 0.15) is 20.1 Å². The molecule has 0 bridgehead atoms. The average Bonchev–Trinajstić information content (AvgIpc) is 2.45. The molecule has 1 aliphatic rings. The first-order valence-corrected chi connectivity index (χ1v) is 6.63. The standard InChI is InChI=1S/C6Cl4O2.C6H7NO/c7-1-2(8)6(12)4(10)3(9)5(1)11;1-6-4-2-3-5-7(6)8/h;2-5H,1H3. The van der Waals surface area contributed by atoms with Crippen molar-refractivity contribution in [2.45, 2.75) is 6.92 Å². The Labute approximate surface area is 134 Å². The lowest BCUT2D eigenvalue weighted by Gasteiger charge is -2.08. The van der Waals surface area contributed by atoms with E-state index in [0.717, 1.165) is 10.4 Å². The minimum Gasteiger partial charge on any atom is -0.619 e. The van der Waals surface area contributed by atoms with Gasteiger partial charge >= 0.3 is 0 Å². The van der Waals surface area contributed by atoms with Crippen LogP contribution in [-0.4, -0.2) is 11.6 Å². The number of Topliss-reactive ketones (excluding diaryl/α,β-unsaturated/α-hetero) is 2. The second kappa shape index (κ2) is 7.09. The zero-order valence-electron chi connectivity index (χ0n) is 9.99. The van der Waals surface area contributed by atoms with Crippen LogP contribution in [0.3, 0.4) is 0 Å². The maximum atomic E-state index is 11.0. The molecule has 0 amide bonds. The van der Waals surface area contributed by atoms with Gasteiger partial charge in [0.2, 0.25) is 11.6 Å². The first kappa shape index (κ1) is 17.0. The van der Waals surface area contributed by atoms with Crippen LogP contribution in [0.4, 0.5) is 0 Å². The summed E-state index contributed by atoms with van der Waals surface area (Å²) in [7, 11) is 0. The first-order valence-electron chi connectivity index (χ1n) is 5.12. The summed E-state index contributed by atoms with van der Waals surface area (Å²) in [5.41, 5.74) is 0.729. The summed E-state index contributed by atoms with van der Waals surface area (Å²) in [5, 5.41) is 8.97. The van der Waals surface area contributed by atoms with Crippen LogP contribution in [0.25, 0.3) is 0 Å². The monoisotopic (exact) mass is 353 g/mol. The molecule has 4 nitrogen and oxygen atoms in total. The molecular formula is C12H7Cl4NO3. The van der Waals surface area contributed by atoms with E-state index in [0.29, 0.717) is 0 Å². The smallest absolute Gasteiger partial charge is 0.219 e. The Morgan fingerprint density at radius 1 is 0.900 bits per heavy atom. The molecule has 1 aliphatic carbocycles. The minimum atomic E-state index is -0.729. The molecule has 8 heteroatoms. The highest BCUT2D eigenvalue weighted by Gasteiger charge is 2.31. The Balaban J connectivity index is 0.000000217. The van der Waals surface area contributed by atoms with Gasteiger partial charge in [-0.15, -0.1) is 0 Å². The molecule has 0 N–H and O–H groups in total. The van der Waals surface area contributed by atoms with E-state index in [1.807, 2.05) is 6.07 Å². The molecule has 1 heterocycles. The summed E-state index contributed by atoms with van der Waals surface area (Å²) in [4.78, 5) is 22.0. The number of aromatic nitrogens is 1. The second-order valence-corrected chi connectivity index (χ2v) is 5.09. The quantitative estimate of drug-likeness (QED) is 0.408. The molecule has 2 rings (SSSR count). The fourth-order valence-electron chi connectivity index (χ4n) is 1.11. The number of rotatable bonds is 0. The van der Waals surface area contributed by atoms with Crippen molar-refractivity contribution < 1.29 is 14.3 Å². The molecular weight excluding hydrogens is 348 g/mol. The van der Waals surface area contributed by atoms with Crippen LogP contribution >= 0.6 is 46.4 Å². The zero-order chi connectivity index (χ0) is 15.4. The first-order chi connectivity index (χ1) is 9.27. The fourth-order valence-corrected chi connectivity index (χ4v) is 1.92. The Morgan fingerprint density at radius 2 is 1.30 bits per heavy atom. The number of pyridine rings is 1. The van der Waals surface area contributed by atoms with Crippen LogP contribution in [0, 0.1) is 12.1 Å². The van der Waals surface area contributed by atoms with Crippen molar-refractivity contribution in [3.63, 3.8) is 0 Å². The lowest BCUT2D eigenvalue weighted by molar-refractivity contribution is -0.612. The van der Waals surface area contributed by atoms with Gasteiger partial charge in [-0.1, -0.05) is 52.5 Å².